The molecule has 0 spiro atoms. The molecule has 0 radical (unpaired) electrons. The average molecular weight is 281 g/mol. The van der Waals surface area contributed by atoms with Crippen LogP contribution in [0.3, 0.4) is 0 Å². The average Bonchev–Trinajstić information content (AvgIpc) is 3.12. The Balaban J connectivity index is 1.94. The Kier molecular flexibility index (Phi) is 2.70. The third-order valence-electron chi connectivity index (χ3n) is 3.89. The molecule has 0 saturated heterocycles. The van der Waals surface area contributed by atoms with Crippen molar-refractivity contribution in [2.24, 2.45) is 0 Å². The Morgan fingerprint density at radius 3 is 2.95 bits per heavy atom. The minimum atomic E-state index is 0.854. The van der Waals surface area contributed by atoms with Crippen molar-refractivity contribution in [1.82, 2.24) is 9.97 Å². The molecular weight excluding hydrogens is 266 g/mol. The Morgan fingerprint density at radius 1 is 1.15 bits per heavy atom. The minimum Gasteiger partial charge on any atom is -0.373 e. The Labute approximate surface area is 121 Å². The van der Waals surface area contributed by atoms with Crippen LogP contribution in [0.1, 0.15) is 17.7 Å². The Hall–Kier alpha value is -1.94. The van der Waals surface area contributed by atoms with Crippen LogP contribution >= 0.6 is 11.3 Å². The van der Waals surface area contributed by atoms with E-state index in [2.05, 4.69) is 35.0 Å². The summed E-state index contributed by atoms with van der Waals surface area (Å²) in [5.74, 6) is 1.85. The van der Waals surface area contributed by atoms with E-state index in [0.29, 0.717) is 0 Å². The second-order valence-corrected chi connectivity index (χ2v) is 5.98. The SMILES string of the molecule is CNc1nc(-c2csc3ccccc23)nc2c1CCC2. The van der Waals surface area contributed by atoms with Gasteiger partial charge in [0.05, 0.1) is 0 Å². The first-order chi connectivity index (χ1) is 9.86. The normalized spacial score (nSPS) is 13.7. The van der Waals surface area contributed by atoms with Crippen molar-refractivity contribution in [3.05, 3.63) is 40.9 Å². The van der Waals surface area contributed by atoms with Crippen LogP contribution in [-0.2, 0) is 12.8 Å². The van der Waals surface area contributed by atoms with Gasteiger partial charge in [-0.2, -0.15) is 0 Å². The maximum atomic E-state index is 4.81. The lowest BCUT2D eigenvalue weighted by Crippen LogP contribution is -2.03. The topological polar surface area (TPSA) is 37.8 Å². The van der Waals surface area contributed by atoms with Gasteiger partial charge in [0.15, 0.2) is 5.82 Å². The van der Waals surface area contributed by atoms with E-state index in [0.717, 1.165) is 30.0 Å². The maximum absolute atomic E-state index is 4.81. The molecule has 0 fully saturated rings. The lowest BCUT2D eigenvalue weighted by Gasteiger charge is -2.09. The van der Waals surface area contributed by atoms with Gasteiger partial charge in [0, 0.05) is 39.3 Å². The summed E-state index contributed by atoms with van der Waals surface area (Å²) in [7, 11) is 1.94. The van der Waals surface area contributed by atoms with Crippen molar-refractivity contribution in [1.29, 1.82) is 0 Å². The van der Waals surface area contributed by atoms with Gasteiger partial charge in [-0.3, -0.25) is 0 Å². The van der Waals surface area contributed by atoms with Crippen LogP contribution in [-0.4, -0.2) is 17.0 Å². The van der Waals surface area contributed by atoms with Gasteiger partial charge in [-0.25, -0.2) is 9.97 Å². The number of aromatic nitrogens is 2. The zero-order chi connectivity index (χ0) is 13.5. The van der Waals surface area contributed by atoms with E-state index < -0.39 is 0 Å². The molecule has 0 bridgehead atoms. The first kappa shape index (κ1) is 11.9. The van der Waals surface area contributed by atoms with Crippen molar-refractivity contribution in [3.8, 4) is 11.4 Å². The van der Waals surface area contributed by atoms with Crippen LogP contribution in [0.25, 0.3) is 21.5 Å². The van der Waals surface area contributed by atoms with Crippen LogP contribution in [0, 0.1) is 0 Å². The van der Waals surface area contributed by atoms with Gasteiger partial charge in [-0.05, 0) is 25.3 Å². The Bertz CT molecular complexity index is 792. The number of anilines is 1. The molecule has 1 aliphatic carbocycles. The highest BCUT2D eigenvalue weighted by Gasteiger charge is 2.20. The number of fused-ring (bicyclic) bond motifs is 2. The molecule has 0 saturated carbocycles. The van der Waals surface area contributed by atoms with Gasteiger partial charge in [0.25, 0.3) is 0 Å². The number of aryl methyl sites for hydroxylation is 1. The zero-order valence-corrected chi connectivity index (χ0v) is 12.1. The number of thiophene rings is 1. The van der Waals surface area contributed by atoms with E-state index in [9.17, 15) is 0 Å². The standard InChI is InChI=1S/C16H15N3S/c1-17-15-11-6-4-7-13(11)18-16(19-15)12-9-20-14-8-3-2-5-10(12)14/h2-3,5,8-9H,4,6-7H2,1H3,(H,17,18,19). The molecule has 20 heavy (non-hydrogen) atoms. The largest absolute Gasteiger partial charge is 0.373 e. The molecule has 1 N–H and O–H groups in total. The lowest BCUT2D eigenvalue weighted by atomic mass is 10.1. The van der Waals surface area contributed by atoms with E-state index in [1.54, 1.807) is 11.3 Å². The smallest absolute Gasteiger partial charge is 0.163 e. The first-order valence-corrected chi connectivity index (χ1v) is 7.79. The highest BCUT2D eigenvalue weighted by Crippen LogP contribution is 2.35. The van der Waals surface area contributed by atoms with E-state index in [-0.39, 0.29) is 0 Å². The molecule has 3 nitrogen and oxygen atoms in total. The summed E-state index contributed by atoms with van der Waals surface area (Å²) in [6.07, 6.45) is 3.35. The van der Waals surface area contributed by atoms with Gasteiger partial charge >= 0.3 is 0 Å². The molecule has 2 heterocycles. The second-order valence-electron chi connectivity index (χ2n) is 5.07. The monoisotopic (exact) mass is 281 g/mol. The second kappa shape index (κ2) is 4.56. The third-order valence-corrected chi connectivity index (χ3v) is 4.86. The van der Waals surface area contributed by atoms with E-state index in [4.69, 9.17) is 9.97 Å². The molecule has 100 valence electrons. The van der Waals surface area contributed by atoms with E-state index in [1.807, 2.05) is 7.05 Å². The summed E-state index contributed by atoms with van der Waals surface area (Å²) >= 11 is 1.76. The summed E-state index contributed by atoms with van der Waals surface area (Å²) in [6.45, 7) is 0. The van der Waals surface area contributed by atoms with Gasteiger partial charge in [0.2, 0.25) is 0 Å². The van der Waals surface area contributed by atoms with Gasteiger partial charge in [-0.15, -0.1) is 11.3 Å². The molecule has 3 aromatic rings. The number of nitrogens with one attached hydrogen (secondary N) is 1. The summed E-state index contributed by atoms with van der Waals surface area (Å²) < 4.78 is 1.29. The molecule has 0 amide bonds. The quantitative estimate of drug-likeness (QED) is 0.774. The number of nitrogens with zero attached hydrogens (tertiary/aromatic N) is 2. The summed E-state index contributed by atoms with van der Waals surface area (Å²) in [5.41, 5.74) is 3.67. The van der Waals surface area contributed by atoms with Gasteiger partial charge in [-0.1, -0.05) is 18.2 Å². The molecule has 0 aliphatic heterocycles. The van der Waals surface area contributed by atoms with Crippen molar-refractivity contribution >= 4 is 27.2 Å². The van der Waals surface area contributed by atoms with Crippen LogP contribution in [0.15, 0.2) is 29.6 Å². The third kappa shape index (κ3) is 1.72. The molecule has 1 aromatic carbocycles. The van der Waals surface area contributed by atoms with Crippen LogP contribution < -0.4 is 5.32 Å². The fourth-order valence-corrected chi connectivity index (χ4v) is 3.85. The number of benzene rings is 1. The molecule has 0 atom stereocenters. The van der Waals surface area contributed by atoms with E-state index >= 15 is 0 Å². The highest BCUT2D eigenvalue weighted by atomic mass is 32.1. The van der Waals surface area contributed by atoms with Crippen molar-refractivity contribution in [2.75, 3.05) is 12.4 Å². The zero-order valence-electron chi connectivity index (χ0n) is 11.3. The van der Waals surface area contributed by atoms with Gasteiger partial charge < -0.3 is 5.32 Å². The van der Waals surface area contributed by atoms with E-state index in [1.165, 1.54) is 27.8 Å². The molecule has 2 aromatic heterocycles. The molecule has 4 heteroatoms. The van der Waals surface area contributed by atoms with Crippen LogP contribution in [0.2, 0.25) is 0 Å². The van der Waals surface area contributed by atoms with Crippen LogP contribution in [0.5, 0.6) is 0 Å². The molecule has 4 rings (SSSR count). The lowest BCUT2D eigenvalue weighted by molar-refractivity contribution is 0.900. The predicted molar refractivity (Wildman–Crippen MR) is 84.4 cm³/mol. The van der Waals surface area contributed by atoms with Crippen molar-refractivity contribution < 1.29 is 0 Å². The molecule has 1 aliphatic rings. The van der Waals surface area contributed by atoms with Crippen molar-refractivity contribution in [3.63, 3.8) is 0 Å². The minimum absolute atomic E-state index is 0.854. The summed E-state index contributed by atoms with van der Waals surface area (Å²) in [5, 5.41) is 6.65. The van der Waals surface area contributed by atoms with Crippen LogP contribution in [0.4, 0.5) is 5.82 Å². The number of hydrogen-bond donors (Lipinski definition) is 1. The highest BCUT2D eigenvalue weighted by molar-refractivity contribution is 7.17. The number of hydrogen-bond acceptors (Lipinski definition) is 4. The molecule has 0 unspecified atom stereocenters. The Morgan fingerprint density at radius 2 is 2.05 bits per heavy atom. The first-order valence-electron chi connectivity index (χ1n) is 6.91. The molecular formula is C16H15N3S. The number of rotatable bonds is 2. The van der Waals surface area contributed by atoms with Gasteiger partial charge in [0.1, 0.15) is 5.82 Å². The predicted octanol–water partition coefficient (Wildman–Crippen LogP) is 3.89. The fourth-order valence-electron chi connectivity index (χ4n) is 2.91. The maximum Gasteiger partial charge on any atom is 0.163 e. The summed E-state index contributed by atoms with van der Waals surface area (Å²) in [4.78, 5) is 9.55. The van der Waals surface area contributed by atoms with Crippen molar-refractivity contribution in [2.45, 2.75) is 19.3 Å². The fraction of sp³-hybridized carbons (Fsp3) is 0.250. The summed E-state index contributed by atoms with van der Waals surface area (Å²) in [6, 6.07) is 8.45.